The number of nitro benzene ring substituents is 2. The maximum absolute atomic E-state index is 13.3. The number of alkyl halides is 6. The van der Waals surface area contributed by atoms with Crippen molar-refractivity contribution in [2.45, 2.75) is 12.4 Å². The first-order valence-electron chi connectivity index (χ1n) is 6.89. The van der Waals surface area contributed by atoms with Gasteiger partial charge < -0.3 is 5.32 Å². The molecule has 0 bridgehead atoms. The van der Waals surface area contributed by atoms with Crippen LogP contribution in [0.3, 0.4) is 0 Å². The third-order valence-electron chi connectivity index (χ3n) is 3.36. The van der Waals surface area contributed by atoms with Crippen LogP contribution in [0.25, 0.3) is 0 Å². The van der Waals surface area contributed by atoms with Gasteiger partial charge in [-0.2, -0.15) is 26.3 Å². The first kappa shape index (κ1) is 21.2. The van der Waals surface area contributed by atoms with Gasteiger partial charge in [-0.25, -0.2) is 0 Å². The lowest BCUT2D eigenvalue weighted by atomic mass is 10.1. The predicted octanol–water partition coefficient (Wildman–Crippen LogP) is 5.94. The number of non-ortho nitro benzene ring substituents is 1. The molecule has 0 spiro atoms. The standard InChI is InChI=1S/C14H6ClF6N3O4/c15-10-3-6(1-2-8(10)13(16,17)18)22-12-9(14(19,20)21)4-7(23(25)26)5-11(12)24(27)28/h1-5,22H. The van der Waals surface area contributed by atoms with Crippen molar-refractivity contribution in [1.82, 2.24) is 0 Å². The van der Waals surface area contributed by atoms with E-state index in [1.165, 1.54) is 0 Å². The van der Waals surface area contributed by atoms with Crippen LogP contribution in [-0.2, 0) is 12.4 Å². The topological polar surface area (TPSA) is 98.3 Å². The Kier molecular flexibility index (Phi) is 5.41. The van der Waals surface area contributed by atoms with Gasteiger partial charge in [-0.1, -0.05) is 11.6 Å². The summed E-state index contributed by atoms with van der Waals surface area (Å²) >= 11 is 5.47. The van der Waals surface area contributed by atoms with Crippen LogP contribution in [0.15, 0.2) is 30.3 Å². The van der Waals surface area contributed by atoms with Crippen molar-refractivity contribution >= 4 is 34.4 Å². The van der Waals surface area contributed by atoms with E-state index in [9.17, 15) is 46.6 Å². The molecule has 0 aliphatic carbocycles. The van der Waals surface area contributed by atoms with Crippen molar-refractivity contribution in [1.29, 1.82) is 0 Å². The molecule has 0 aromatic heterocycles. The van der Waals surface area contributed by atoms with Crippen LogP contribution in [0.2, 0.25) is 5.02 Å². The summed E-state index contributed by atoms with van der Waals surface area (Å²) in [6, 6.07) is 2.16. The van der Waals surface area contributed by atoms with Gasteiger partial charge in [-0.3, -0.25) is 20.2 Å². The number of anilines is 2. The van der Waals surface area contributed by atoms with Crippen molar-refractivity contribution in [3.63, 3.8) is 0 Å². The minimum atomic E-state index is -5.24. The molecule has 2 rings (SSSR count). The van der Waals surface area contributed by atoms with Gasteiger partial charge in [0.15, 0.2) is 0 Å². The van der Waals surface area contributed by atoms with Crippen molar-refractivity contribution in [3.8, 4) is 0 Å². The van der Waals surface area contributed by atoms with E-state index in [4.69, 9.17) is 11.6 Å². The highest BCUT2D eigenvalue weighted by Gasteiger charge is 2.40. The first-order valence-corrected chi connectivity index (χ1v) is 7.27. The Morgan fingerprint density at radius 2 is 1.43 bits per heavy atom. The number of nitrogens with zero attached hydrogens (tertiary/aromatic N) is 2. The summed E-state index contributed by atoms with van der Waals surface area (Å²) in [7, 11) is 0. The van der Waals surface area contributed by atoms with Crippen LogP contribution in [0.1, 0.15) is 11.1 Å². The van der Waals surface area contributed by atoms with Crippen molar-refractivity contribution in [3.05, 3.63) is 66.7 Å². The fourth-order valence-electron chi connectivity index (χ4n) is 2.18. The van der Waals surface area contributed by atoms with Gasteiger partial charge in [0.05, 0.1) is 32.1 Å². The molecule has 0 aliphatic heterocycles. The molecule has 0 aliphatic rings. The second kappa shape index (κ2) is 7.14. The average Bonchev–Trinajstić information content (AvgIpc) is 2.52. The van der Waals surface area contributed by atoms with Gasteiger partial charge in [-0.15, -0.1) is 0 Å². The van der Waals surface area contributed by atoms with E-state index < -0.39 is 61.1 Å². The SMILES string of the molecule is O=[N+]([O-])c1cc([N+](=O)[O-])c(Nc2ccc(C(F)(F)F)c(Cl)c2)c(C(F)(F)F)c1. The lowest BCUT2D eigenvalue weighted by Gasteiger charge is -2.16. The smallest absolute Gasteiger partial charge is 0.349 e. The summed E-state index contributed by atoms with van der Waals surface area (Å²) in [5, 5.41) is 23.0. The molecule has 0 saturated carbocycles. The number of nitro groups is 2. The average molecular weight is 430 g/mol. The summed E-state index contributed by atoms with van der Waals surface area (Å²) in [5.74, 6) is 0. The lowest BCUT2D eigenvalue weighted by molar-refractivity contribution is -0.394. The summed E-state index contributed by atoms with van der Waals surface area (Å²) in [4.78, 5) is 19.3. The minimum Gasteiger partial charge on any atom is -0.349 e. The zero-order valence-corrected chi connectivity index (χ0v) is 13.8. The molecule has 1 N–H and O–H groups in total. The van der Waals surface area contributed by atoms with Crippen LogP contribution >= 0.6 is 11.6 Å². The highest BCUT2D eigenvalue weighted by molar-refractivity contribution is 6.31. The third-order valence-corrected chi connectivity index (χ3v) is 3.67. The molecule has 150 valence electrons. The van der Waals surface area contributed by atoms with E-state index >= 15 is 0 Å². The summed E-state index contributed by atoms with van der Waals surface area (Å²) in [6.07, 6.45) is -10.1. The largest absolute Gasteiger partial charge is 0.418 e. The summed E-state index contributed by atoms with van der Waals surface area (Å²) in [6.45, 7) is 0. The monoisotopic (exact) mass is 429 g/mol. The molecule has 0 radical (unpaired) electrons. The molecule has 0 saturated heterocycles. The number of halogens is 7. The van der Waals surface area contributed by atoms with Crippen LogP contribution < -0.4 is 5.32 Å². The molecule has 2 aromatic carbocycles. The van der Waals surface area contributed by atoms with E-state index in [-0.39, 0.29) is 6.07 Å². The van der Waals surface area contributed by atoms with Crippen LogP contribution in [0.5, 0.6) is 0 Å². The van der Waals surface area contributed by atoms with Crippen molar-refractivity contribution in [2.75, 3.05) is 5.32 Å². The number of hydrogen-bond donors (Lipinski definition) is 1. The van der Waals surface area contributed by atoms with Gasteiger partial charge in [0.2, 0.25) is 0 Å². The van der Waals surface area contributed by atoms with Gasteiger partial charge in [0.25, 0.3) is 11.4 Å². The fraction of sp³-hybridized carbons (Fsp3) is 0.143. The van der Waals surface area contributed by atoms with Crippen LogP contribution in [0, 0.1) is 20.2 Å². The Morgan fingerprint density at radius 1 is 0.857 bits per heavy atom. The number of hydrogen-bond acceptors (Lipinski definition) is 5. The molecule has 0 atom stereocenters. The predicted molar refractivity (Wildman–Crippen MR) is 84.5 cm³/mol. The van der Waals surface area contributed by atoms with E-state index in [0.29, 0.717) is 24.3 Å². The van der Waals surface area contributed by atoms with Gasteiger partial charge in [0, 0.05) is 11.8 Å². The molecule has 0 amide bonds. The Labute approximate surface area is 155 Å². The molecule has 2 aromatic rings. The Bertz CT molecular complexity index is 961. The normalized spacial score (nSPS) is 12.0. The van der Waals surface area contributed by atoms with Gasteiger partial charge in [-0.05, 0) is 18.2 Å². The molecule has 0 unspecified atom stereocenters. The molecule has 7 nitrogen and oxygen atoms in total. The third kappa shape index (κ3) is 4.42. The van der Waals surface area contributed by atoms with Crippen molar-refractivity contribution in [2.24, 2.45) is 0 Å². The second-order valence-electron chi connectivity index (χ2n) is 5.22. The quantitative estimate of drug-likeness (QED) is 0.368. The van der Waals surface area contributed by atoms with Gasteiger partial charge >= 0.3 is 12.4 Å². The van der Waals surface area contributed by atoms with E-state index in [0.717, 1.165) is 0 Å². The fourth-order valence-corrected chi connectivity index (χ4v) is 2.47. The van der Waals surface area contributed by atoms with Crippen molar-refractivity contribution < 1.29 is 36.2 Å². The highest BCUT2D eigenvalue weighted by Crippen LogP contribution is 2.44. The Hall–Kier alpha value is -3.09. The van der Waals surface area contributed by atoms with E-state index in [2.05, 4.69) is 0 Å². The van der Waals surface area contributed by atoms with Crippen LogP contribution in [0.4, 0.5) is 49.1 Å². The minimum absolute atomic E-state index is 0.0705. The maximum Gasteiger partial charge on any atom is 0.418 e. The maximum atomic E-state index is 13.3. The molecule has 0 heterocycles. The molecule has 0 fully saturated rings. The molecule has 28 heavy (non-hydrogen) atoms. The number of nitrogens with one attached hydrogen (secondary N) is 1. The summed E-state index contributed by atoms with van der Waals surface area (Å²) in [5.41, 5.74) is -7.11. The van der Waals surface area contributed by atoms with Gasteiger partial charge in [0.1, 0.15) is 5.69 Å². The van der Waals surface area contributed by atoms with Crippen LogP contribution in [-0.4, -0.2) is 9.85 Å². The Morgan fingerprint density at radius 3 is 1.86 bits per heavy atom. The molecular formula is C14H6ClF6N3O4. The first-order chi connectivity index (χ1) is 12.7. The molecular weight excluding hydrogens is 424 g/mol. The zero-order valence-electron chi connectivity index (χ0n) is 13.1. The zero-order chi connectivity index (χ0) is 21.4. The summed E-state index contributed by atoms with van der Waals surface area (Å²) < 4.78 is 78.0. The molecule has 14 heteroatoms. The second-order valence-corrected chi connectivity index (χ2v) is 5.62. The van der Waals surface area contributed by atoms with E-state index in [1.54, 1.807) is 0 Å². The van der Waals surface area contributed by atoms with E-state index in [1.807, 2.05) is 5.32 Å². The number of benzene rings is 2. The highest BCUT2D eigenvalue weighted by atomic mass is 35.5. The number of rotatable bonds is 4. The lowest BCUT2D eigenvalue weighted by Crippen LogP contribution is -2.12. The Balaban J connectivity index is 2.66.